The molecule has 0 bridgehead atoms. The van der Waals surface area contributed by atoms with E-state index in [0.717, 1.165) is 33.0 Å². The lowest BCUT2D eigenvalue weighted by Crippen LogP contribution is -1.98. The number of aryl methyl sites for hydroxylation is 2. The maximum absolute atomic E-state index is 14.2. The molecule has 0 spiro atoms. The summed E-state index contributed by atoms with van der Waals surface area (Å²) in [4.78, 5) is 0.618. The summed E-state index contributed by atoms with van der Waals surface area (Å²) in [6.45, 7) is 6.84. The first-order valence-corrected chi connectivity index (χ1v) is 9.32. The van der Waals surface area contributed by atoms with Gasteiger partial charge < -0.3 is 0 Å². The molecule has 4 aromatic rings. The summed E-state index contributed by atoms with van der Waals surface area (Å²) in [6, 6.07) is 4.72. The minimum atomic E-state index is -0.363. The van der Waals surface area contributed by atoms with Crippen LogP contribution in [0.3, 0.4) is 0 Å². The molecule has 0 amide bonds. The van der Waals surface area contributed by atoms with Crippen molar-refractivity contribution < 1.29 is 4.39 Å². The third kappa shape index (κ3) is 2.58. The molecule has 0 unspecified atom stereocenters. The molecule has 4 rings (SSSR count). The van der Waals surface area contributed by atoms with E-state index in [0.29, 0.717) is 16.3 Å². The van der Waals surface area contributed by atoms with Crippen LogP contribution < -0.4 is 0 Å². The Bertz CT molecular complexity index is 1100. The normalized spacial score (nSPS) is 11.6. The minimum absolute atomic E-state index is 0.358. The lowest BCUT2D eigenvalue weighted by molar-refractivity contribution is 0.629. The number of hydrogen-bond donors (Lipinski definition) is 0. The Morgan fingerprint density at radius 1 is 1.20 bits per heavy atom. The number of nitrogens with zero attached hydrogens (tertiary/aromatic N) is 6. The third-order valence-corrected chi connectivity index (χ3v) is 5.46. The van der Waals surface area contributed by atoms with Crippen molar-refractivity contribution in [2.45, 2.75) is 27.3 Å². The largest absolute Gasteiger partial charge is 0.269 e. The lowest BCUT2D eigenvalue weighted by atomic mass is 10.2. The van der Waals surface area contributed by atoms with Crippen LogP contribution in [0.4, 0.5) is 4.39 Å². The van der Waals surface area contributed by atoms with E-state index in [4.69, 9.17) is 0 Å². The van der Waals surface area contributed by atoms with E-state index < -0.39 is 0 Å². The zero-order chi connectivity index (χ0) is 17.7. The van der Waals surface area contributed by atoms with Crippen molar-refractivity contribution in [3.05, 3.63) is 39.9 Å². The fourth-order valence-corrected chi connectivity index (χ4v) is 4.22. The van der Waals surface area contributed by atoms with Crippen LogP contribution in [0.15, 0.2) is 22.7 Å². The maximum atomic E-state index is 14.2. The van der Waals surface area contributed by atoms with Gasteiger partial charge in [0.05, 0.1) is 16.8 Å². The van der Waals surface area contributed by atoms with Crippen LogP contribution in [0.25, 0.3) is 26.9 Å². The molecule has 3 heterocycles. The van der Waals surface area contributed by atoms with Crippen LogP contribution in [-0.4, -0.2) is 29.6 Å². The number of benzene rings is 1. The summed E-state index contributed by atoms with van der Waals surface area (Å²) >= 11 is 4.78. The Labute approximate surface area is 155 Å². The average molecular weight is 421 g/mol. The molecule has 0 fully saturated rings. The van der Waals surface area contributed by atoms with Crippen molar-refractivity contribution in [2.75, 3.05) is 0 Å². The Morgan fingerprint density at radius 3 is 2.72 bits per heavy atom. The first kappa shape index (κ1) is 16.3. The number of fused-ring (bicyclic) bond motifs is 1. The summed E-state index contributed by atoms with van der Waals surface area (Å²) in [5.41, 5.74) is 3.33. The highest BCUT2D eigenvalue weighted by molar-refractivity contribution is 9.10. The zero-order valence-corrected chi connectivity index (χ0v) is 16.2. The summed E-state index contributed by atoms with van der Waals surface area (Å²) in [6.07, 6.45) is 0. The molecule has 9 heteroatoms. The Morgan fingerprint density at radius 2 is 2.00 bits per heavy atom. The fourth-order valence-electron chi connectivity index (χ4n) is 2.87. The monoisotopic (exact) mass is 420 g/mol. The van der Waals surface area contributed by atoms with Crippen molar-refractivity contribution in [1.29, 1.82) is 0 Å². The van der Waals surface area contributed by atoms with Crippen LogP contribution in [0.2, 0.25) is 0 Å². The van der Waals surface area contributed by atoms with Gasteiger partial charge in [0.2, 0.25) is 4.96 Å². The van der Waals surface area contributed by atoms with Gasteiger partial charge in [0.1, 0.15) is 5.82 Å². The first-order chi connectivity index (χ1) is 12.0. The molecular formula is C16H14BrFN6S. The van der Waals surface area contributed by atoms with E-state index in [1.165, 1.54) is 17.4 Å². The highest BCUT2D eigenvalue weighted by Gasteiger charge is 2.21. The molecule has 0 aliphatic carbocycles. The van der Waals surface area contributed by atoms with Crippen molar-refractivity contribution in [3.8, 4) is 22.0 Å². The highest BCUT2D eigenvalue weighted by atomic mass is 79.9. The Kier molecular flexibility index (Phi) is 3.92. The molecule has 0 N–H and O–H groups in total. The van der Waals surface area contributed by atoms with Gasteiger partial charge in [-0.25, -0.2) is 4.39 Å². The molecule has 0 saturated carbocycles. The standard InChI is InChI=1S/C16H14BrFN6S/c1-4-23-9(3)13(8(2)21-23)15-22-24-14(19-20-16(24)25-15)11-7-10(17)5-6-12(11)18/h5-7H,4H2,1-3H3. The second-order valence-electron chi connectivity index (χ2n) is 5.61. The summed E-state index contributed by atoms with van der Waals surface area (Å²) < 4.78 is 18.5. The van der Waals surface area contributed by atoms with Gasteiger partial charge in [-0.3, -0.25) is 4.68 Å². The van der Waals surface area contributed by atoms with Crippen molar-refractivity contribution in [1.82, 2.24) is 29.6 Å². The maximum Gasteiger partial charge on any atom is 0.235 e. The average Bonchev–Trinajstić information content (AvgIpc) is 3.22. The van der Waals surface area contributed by atoms with Gasteiger partial charge in [-0.2, -0.15) is 14.7 Å². The first-order valence-electron chi connectivity index (χ1n) is 7.71. The molecule has 3 aromatic heterocycles. The van der Waals surface area contributed by atoms with Crippen LogP contribution in [0.1, 0.15) is 18.3 Å². The molecule has 0 atom stereocenters. The van der Waals surface area contributed by atoms with E-state index in [1.807, 2.05) is 18.5 Å². The van der Waals surface area contributed by atoms with Crippen molar-refractivity contribution in [3.63, 3.8) is 0 Å². The fraction of sp³-hybridized carbons (Fsp3) is 0.250. The Balaban J connectivity index is 1.90. The molecular weight excluding hydrogens is 407 g/mol. The van der Waals surface area contributed by atoms with Crippen molar-refractivity contribution >= 4 is 32.2 Å². The van der Waals surface area contributed by atoms with E-state index in [2.05, 4.69) is 43.2 Å². The minimum Gasteiger partial charge on any atom is -0.269 e. The highest BCUT2D eigenvalue weighted by Crippen LogP contribution is 2.33. The van der Waals surface area contributed by atoms with E-state index in [1.54, 1.807) is 16.6 Å². The van der Waals surface area contributed by atoms with Gasteiger partial charge >= 0.3 is 0 Å². The zero-order valence-electron chi connectivity index (χ0n) is 13.8. The molecule has 1 aromatic carbocycles. The van der Waals surface area contributed by atoms with Crippen LogP contribution in [-0.2, 0) is 6.54 Å². The predicted octanol–water partition coefficient (Wildman–Crippen LogP) is 4.25. The molecule has 6 nitrogen and oxygen atoms in total. The number of rotatable bonds is 3. The molecule has 128 valence electrons. The second-order valence-corrected chi connectivity index (χ2v) is 7.48. The quantitative estimate of drug-likeness (QED) is 0.496. The van der Waals surface area contributed by atoms with Crippen molar-refractivity contribution in [2.24, 2.45) is 0 Å². The summed E-state index contributed by atoms with van der Waals surface area (Å²) in [5, 5.41) is 18.2. The molecule has 0 aliphatic heterocycles. The van der Waals surface area contributed by atoms with Crippen LogP contribution >= 0.6 is 27.3 Å². The SMILES string of the molecule is CCn1nc(C)c(-c2nn3c(-c4cc(Br)ccc4F)nnc3s2)c1C. The second kappa shape index (κ2) is 5.99. The van der Waals surface area contributed by atoms with E-state index in [9.17, 15) is 4.39 Å². The number of hydrogen-bond acceptors (Lipinski definition) is 5. The predicted molar refractivity (Wildman–Crippen MR) is 98.1 cm³/mol. The molecule has 25 heavy (non-hydrogen) atoms. The molecule has 0 saturated heterocycles. The Hall–Kier alpha value is -2.13. The van der Waals surface area contributed by atoms with Gasteiger partial charge in [-0.1, -0.05) is 27.3 Å². The van der Waals surface area contributed by atoms with Crippen LogP contribution in [0, 0.1) is 19.7 Å². The van der Waals surface area contributed by atoms with E-state index >= 15 is 0 Å². The molecule has 0 radical (unpaired) electrons. The van der Waals surface area contributed by atoms with E-state index in [-0.39, 0.29) is 5.82 Å². The van der Waals surface area contributed by atoms with Gasteiger partial charge in [-0.05, 0) is 39.0 Å². The lowest BCUT2D eigenvalue weighted by Gasteiger charge is -2.01. The van der Waals surface area contributed by atoms with Gasteiger partial charge in [0.15, 0.2) is 10.8 Å². The number of halogens is 2. The van der Waals surface area contributed by atoms with Gasteiger partial charge in [0.25, 0.3) is 0 Å². The topological polar surface area (TPSA) is 60.9 Å². The van der Waals surface area contributed by atoms with Gasteiger partial charge in [-0.15, -0.1) is 10.2 Å². The van der Waals surface area contributed by atoms with Gasteiger partial charge in [0, 0.05) is 16.7 Å². The summed E-state index contributed by atoms with van der Waals surface area (Å²) in [5.74, 6) is 0.0210. The smallest absolute Gasteiger partial charge is 0.235 e. The molecule has 0 aliphatic rings. The third-order valence-electron chi connectivity index (χ3n) is 4.06. The summed E-state index contributed by atoms with van der Waals surface area (Å²) in [7, 11) is 0. The van der Waals surface area contributed by atoms with Crippen LogP contribution in [0.5, 0.6) is 0 Å². The number of aromatic nitrogens is 6.